The van der Waals surface area contributed by atoms with Crippen molar-refractivity contribution in [2.75, 3.05) is 31.1 Å². The molecule has 0 aromatic carbocycles. The van der Waals surface area contributed by atoms with Gasteiger partial charge >= 0.3 is 0 Å². The summed E-state index contributed by atoms with van der Waals surface area (Å²) in [7, 11) is 0. The van der Waals surface area contributed by atoms with Crippen LogP contribution in [0, 0.1) is 13.8 Å². The van der Waals surface area contributed by atoms with E-state index in [9.17, 15) is 9.59 Å². The van der Waals surface area contributed by atoms with Crippen LogP contribution in [0.5, 0.6) is 0 Å². The van der Waals surface area contributed by atoms with Crippen molar-refractivity contribution in [3.05, 3.63) is 70.0 Å². The van der Waals surface area contributed by atoms with Gasteiger partial charge in [0, 0.05) is 55.6 Å². The number of nitrogens with zero attached hydrogens (tertiary/aromatic N) is 5. The van der Waals surface area contributed by atoms with Gasteiger partial charge in [-0.3, -0.25) is 19.0 Å². The summed E-state index contributed by atoms with van der Waals surface area (Å²) in [4.78, 5) is 38.1. The number of aromatic nitrogens is 3. The maximum Gasteiger partial charge on any atom is 0.270 e. The molecule has 1 aliphatic heterocycles. The molecule has 1 saturated heterocycles. The minimum absolute atomic E-state index is 0.114. The van der Waals surface area contributed by atoms with Crippen LogP contribution in [0.25, 0.3) is 5.65 Å². The number of aryl methyl sites for hydroxylation is 2. The number of hydrogen-bond acceptors (Lipinski definition) is 5. The van der Waals surface area contributed by atoms with Gasteiger partial charge in [0.2, 0.25) is 0 Å². The van der Waals surface area contributed by atoms with Gasteiger partial charge in [0.15, 0.2) is 0 Å². The predicted molar refractivity (Wildman–Crippen MR) is 103 cm³/mol. The highest BCUT2D eigenvalue weighted by Crippen LogP contribution is 2.19. The molecule has 0 saturated carbocycles. The first-order valence-corrected chi connectivity index (χ1v) is 8.99. The Kier molecular flexibility index (Phi) is 4.35. The van der Waals surface area contributed by atoms with Gasteiger partial charge < -0.3 is 9.80 Å². The van der Waals surface area contributed by atoms with Gasteiger partial charge in [-0.2, -0.15) is 0 Å². The van der Waals surface area contributed by atoms with E-state index in [-0.39, 0.29) is 17.0 Å². The van der Waals surface area contributed by atoms with E-state index in [4.69, 9.17) is 0 Å². The number of carbonyl (C=O) groups excluding carboxylic acids is 1. The molecule has 0 N–H and O–H groups in total. The highest BCUT2D eigenvalue weighted by molar-refractivity contribution is 5.94. The number of amides is 1. The van der Waals surface area contributed by atoms with Crippen molar-refractivity contribution in [2.45, 2.75) is 13.8 Å². The Morgan fingerprint density at radius 2 is 1.74 bits per heavy atom. The average molecular weight is 363 g/mol. The van der Waals surface area contributed by atoms with Gasteiger partial charge in [0.05, 0.1) is 0 Å². The first-order chi connectivity index (χ1) is 13.0. The largest absolute Gasteiger partial charge is 0.368 e. The summed E-state index contributed by atoms with van der Waals surface area (Å²) in [5.74, 6) is -0.257. The fraction of sp³-hybridized carbons (Fsp3) is 0.300. The molecule has 27 heavy (non-hydrogen) atoms. The summed E-state index contributed by atoms with van der Waals surface area (Å²) < 4.78 is 1.41. The lowest BCUT2D eigenvalue weighted by molar-refractivity contribution is 0.0744. The average Bonchev–Trinajstić information content (AvgIpc) is 2.67. The number of rotatable bonds is 2. The zero-order valence-electron chi connectivity index (χ0n) is 15.4. The van der Waals surface area contributed by atoms with Crippen molar-refractivity contribution in [1.29, 1.82) is 0 Å². The Morgan fingerprint density at radius 3 is 2.44 bits per heavy atom. The summed E-state index contributed by atoms with van der Waals surface area (Å²) in [6.45, 7) is 6.53. The topological polar surface area (TPSA) is 70.8 Å². The van der Waals surface area contributed by atoms with Gasteiger partial charge in [-0.15, -0.1) is 0 Å². The summed E-state index contributed by atoms with van der Waals surface area (Å²) in [6.07, 6.45) is 3.02. The lowest BCUT2D eigenvalue weighted by Crippen LogP contribution is -2.49. The number of fused-ring (bicyclic) bond motifs is 1. The van der Waals surface area contributed by atoms with E-state index >= 15 is 0 Å². The monoisotopic (exact) mass is 363 g/mol. The molecule has 7 heteroatoms. The lowest BCUT2D eigenvalue weighted by Gasteiger charge is -2.36. The van der Waals surface area contributed by atoms with Crippen molar-refractivity contribution >= 4 is 17.2 Å². The predicted octanol–water partition coefficient (Wildman–Crippen LogP) is 1.67. The molecule has 0 atom stereocenters. The van der Waals surface area contributed by atoms with Crippen molar-refractivity contribution in [1.82, 2.24) is 19.3 Å². The van der Waals surface area contributed by atoms with Crippen LogP contribution in [0.3, 0.4) is 0 Å². The molecule has 1 amide bonds. The van der Waals surface area contributed by atoms with E-state index in [0.717, 1.165) is 30.2 Å². The Morgan fingerprint density at radius 1 is 1.04 bits per heavy atom. The molecule has 4 heterocycles. The molecular formula is C20H21N5O2. The Bertz CT molecular complexity index is 1050. The summed E-state index contributed by atoms with van der Waals surface area (Å²) in [5, 5.41) is 0. The summed E-state index contributed by atoms with van der Waals surface area (Å²) >= 11 is 0. The number of anilines is 1. The second kappa shape index (κ2) is 6.83. The van der Waals surface area contributed by atoms with Crippen molar-refractivity contribution in [2.24, 2.45) is 0 Å². The van der Waals surface area contributed by atoms with Gasteiger partial charge in [-0.05, 0) is 38.1 Å². The maximum absolute atomic E-state index is 12.9. The fourth-order valence-electron chi connectivity index (χ4n) is 3.51. The molecule has 0 unspecified atom stereocenters. The van der Waals surface area contributed by atoms with Crippen LogP contribution in [0.1, 0.15) is 21.7 Å². The fourth-order valence-corrected chi connectivity index (χ4v) is 3.51. The van der Waals surface area contributed by atoms with Crippen molar-refractivity contribution in [3.63, 3.8) is 0 Å². The minimum Gasteiger partial charge on any atom is -0.368 e. The van der Waals surface area contributed by atoms with E-state index in [2.05, 4.69) is 27.0 Å². The minimum atomic E-state index is -0.326. The summed E-state index contributed by atoms with van der Waals surface area (Å²) in [6, 6.07) is 9.42. The molecule has 0 radical (unpaired) electrons. The molecular weight excluding hydrogens is 342 g/mol. The van der Waals surface area contributed by atoms with E-state index in [1.807, 2.05) is 19.9 Å². The molecule has 3 aromatic rings. The van der Waals surface area contributed by atoms with Gasteiger partial charge in [-0.1, -0.05) is 6.07 Å². The smallest absolute Gasteiger partial charge is 0.270 e. The van der Waals surface area contributed by atoms with Gasteiger partial charge in [0.1, 0.15) is 11.2 Å². The highest BCUT2D eigenvalue weighted by atomic mass is 16.2. The number of carbonyl (C=O) groups is 1. The van der Waals surface area contributed by atoms with E-state index in [1.165, 1.54) is 10.6 Å². The van der Waals surface area contributed by atoms with Crippen LogP contribution < -0.4 is 10.5 Å². The molecule has 1 fully saturated rings. The first-order valence-electron chi connectivity index (χ1n) is 8.99. The Hall–Kier alpha value is -3.22. The molecule has 0 spiro atoms. The molecule has 138 valence electrons. The number of hydrogen-bond donors (Lipinski definition) is 0. The van der Waals surface area contributed by atoms with E-state index in [0.29, 0.717) is 18.7 Å². The maximum atomic E-state index is 12.9. The first kappa shape index (κ1) is 17.2. The number of piperazine rings is 1. The SMILES string of the molecule is Cc1cc(N2CCN(C(=O)c3cnc4ccccn4c3=O)CC2)cc(C)n1. The zero-order chi connectivity index (χ0) is 19.0. The van der Waals surface area contributed by atoms with E-state index < -0.39 is 0 Å². The van der Waals surface area contributed by atoms with Crippen LogP contribution in [0.2, 0.25) is 0 Å². The van der Waals surface area contributed by atoms with Crippen molar-refractivity contribution < 1.29 is 4.79 Å². The normalized spacial score (nSPS) is 14.6. The second-order valence-electron chi connectivity index (χ2n) is 6.79. The molecule has 1 aliphatic rings. The van der Waals surface area contributed by atoms with Crippen molar-refractivity contribution in [3.8, 4) is 0 Å². The molecule has 0 aliphatic carbocycles. The van der Waals surface area contributed by atoms with E-state index in [1.54, 1.807) is 23.2 Å². The summed E-state index contributed by atoms with van der Waals surface area (Å²) in [5.41, 5.74) is 3.42. The van der Waals surface area contributed by atoms with Crippen LogP contribution in [-0.4, -0.2) is 51.4 Å². The zero-order valence-corrected chi connectivity index (χ0v) is 15.4. The lowest BCUT2D eigenvalue weighted by atomic mass is 10.2. The molecule has 3 aromatic heterocycles. The van der Waals surface area contributed by atoms with Gasteiger partial charge in [-0.25, -0.2) is 4.98 Å². The third-order valence-electron chi connectivity index (χ3n) is 4.84. The molecule has 7 nitrogen and oxygen atoms in total. The second-order valence-corrected chi connectivity index (χ2v) is 6.79. The third-order valence-corrected chi connectivity index (χ3v) is 4.84. The van der Waals surface area contributed by atoms with Crippen LogP contribution in [-0.2, 0) is 0 Å². The highest BCUT2D eigenvalue weighted by Gasteiger charge is 2.25. The Balaban J connectivity index is 1.52. The number of pyridine rings is 2. The Labute approximate surface area is 156 Å². The third kappa shape index (κ3) is 3.28. The quantitative estimate of drug-likeness (QED) is 0.693. The van der Waals surface area contributed by atoms with Crippen LogP contribution >= 0.6 is 0 Å². The standard InChI is InChI=1S/C20H21N5O2/c1-14-11-16(12-15(2)22-14)23-7-9-24(10-8-23)19(26)17-13-21-18-5-3-4-6-25(18)20(17)27/h3-6,11-13H,7-10H2,1-2H3. The van der Waals surface area contributed by atoms with Gasteiger partial charge in [0.25, 0.3) is 11.5 Å². The molecule has 0 bridgehead atoms. The van der Waals surface area contributed by atoms with Crippen LogP contribution in [0.4, 0.5) is 5.69 Å². The molecule has 4 rings (SSSR count). The van der Waals surface area contributed by atoms with Crippen LogP contribution in [0.15, 0.2) is 47.5 Å².